The van der Waals surface area contributed by atoms with Gasteiger partial charge in [0.2, 0.25) is 0 Å². The van der Waals surface area contributed by atoms with Gasteiger partial charge in [-0.05, 0) is 36.8 Å². The van der Waals surface area contributed by atoms with Crippen molar-refractivity contribution in [1.82, 2.24) is 4.90 Å². The van der Waals surface area contributed by atoms with Gasteiger partial charge < -0.3 is 14.4 Å². The number of ketones is 1. The van der Waals surface area contributed by atoms with E-state index in [1.807, 2.05) is 0 Å². The van der Waals surface area contributed by atoms with Crippen molar-refractivity contribution < 1.29 is 19.1 Å². The highest BCUT2D eigenvalue weighted by atomic mass is 35.5. The summed E-state index contributed by atoms with van der Waals surface area (Å²) in [4.78, 5) is 35.1. The van der Waals surface area contributed by atoms with Gasteiger partial charge in [0.15, 0.2) is 5.78 Å². The predicted octanol–water partition coefficient (Wildman–Crippen LogP) is 2.74. The number of carbonyl (C=O) groups is 3. The summed E-state index contributed by atoms with van der Waals surface area (Å²) in [5.41, 5.74) is 1.32. The topological polar surface area (TPSA) is 63.7 Å². The summed E-state index contributed by atoms with van der Waals surface area (Å²) in [6, 6.07) is 4.80. The van der Waals surface area contributed by atoms with Gasteiger partial charge in [-0.2, -0.15) is 0 Å². The third-order valence-electron chi connectivity index (χ3n) is 3.07. The molecule has 0 unspecified atom stereocenters. The highest BCUT2D eigenvalue weighted by Crippen LogP contribution is 2.29. The third kappa shape index (κ3) is 5.07. The van der Waals surface area contributed by atoms with Crippen molar-refractivity contribution in [3.8, 4) is 0 Å². The van der Waals surface area contributed by atoms with E-state index in [0.717, 1.165) is 6.29 Å². The van der Waals surface area contributed by atoms with Gasteiger partial charge >= 0.3 is 0 Å². The average Bonchev–Trinajstić information content (AvgIpc) is 2.50. The second kappa shape index (κ2) is 8.90. The van der Waals surface area contributed by atoms with Crippen LogP contribution in [0.1, 0.15) is 22.8 Å². The first-order valence-electron chi connectivity index (χ1n) is 6.81. The molecule has 1 aromatic rings. The monoisotopic (exact) mass is 335 g/mol. The zero-order valence-corrected chi connectivity index (χ0v) is 14.0. The van der Waals surface area contributed by atoms with Gasteiger partial charge in [0.25, 0.3) is 0 Å². The lowest BCUT2D eigenvalue weighted by Crippen LogP contribution is -2.15. The van der Waals surface area contributed by atoms with E-state index >= 15 is 0 Å². The lowest BCUT2D eigenvalue weighted by Gasteiger charge is -2.17. The molecule has 0 aliphatic heterocycles. The molecule has 0 radical (unpaired) electrons. The minimum atomic E-state index is -0.162. The molecule has 6 heteroatoms. The summed E-state index contributed by atoms with van der Waals surface area (Å²) in [5, 5.41) is 0.429. The van der Waals surface area contributed by atoms with E-state index in [1.54, 1.807) is 36.3 Å². The number of methoxy groups -OCH3 is 1. The smallest absolute Gasteiger partial charge is 0.160 e. The van der Waals surface area contributed by atoms with Crippen molar-refractivity contribution in [2.24, 2.45) is 0 Å². The molecule has 5 nitrogen and oxygen atoms in total. The van der Waals surface area contributed by atoms with Crippen LogP contribution in [0.3, 0.4) is 0 Å². The lowest BCUT2D eigenvalue weighted by molar-refractivity contribution is -0.108. The molecule has 0 aromatic heterocycles. The Morgan fingerprint density at radius 3 is 2.52 bits per heavy atom. The Kier molecular flexibility index (Phi) is 7.22. The number of ether oxygens (including phenoxy) is 1. The number of carbonyl (C=O) groups excluding carboxylic acids is 3. The van der Waals surface area contributed by atoms with Gasteiger partial charge in [0, 0.05) is 29.4 Å². The van der Waals surface area contributed by atoms with Gasteiger partial charge in [-0.3, -0.25) is 9.59 Å². The molecule has 0 N–H and O–H groups in total. The Bertz CT molecular complexity index is 665. The minimum Gasteiger partial charge on any atom is -0.495 e. The van der Waals surface area contributed by atoms with E-state index < -0.39 is 0 Å². The zero-order valence-electron chi connectivity index (χ0n) is 13.2. The zero-order chi connectivity index (χ0) is 17.4. The summed E-state index contributed by atoms with van der Waals surface area (Å²) in [6.07, 6.45) is 4.22. The fourth-order valence-corrected chi connectivity index (χ4v) is 2.19. The molecule has 0 spiro atoms. The summed E-state index contributed by atoms with van der Waals surface area (Å²) >= 11 is 6.03. The van der Waals surface area contributed by atoms with Crippen LogP contribution in [0.2, 0.25) is 5.02 Å². The molecule has 0 aliphatic carbocycles. The number of likely N-dealkylation sites (N-methyl/N-ethyl adjacent to an activating group) is 1. The Morgan fingerprint density at radius 2 is 2.00 bits per heavy atom. The first-order valence-corrected chi connectivity index (χ1v) is 7.18. The van der Waals surface area contributed by atoms with Crippen LogP contribution in [-0.4, -0.2) is 44.0 Å². The maximum Gasteiger partial charge on any atom is 0.160 e. The Labute approximate surface area is 140 Å². The highest BCUT2D eigenvalue weighted by molar-refractivity contribution is 6.31. The molecule has 0 amide bonds. The second-order valence-corrected chi connectivity index (χ2v) is 5.20. The Hall–Kier alpha value is -2.40. The molecule has 0 fully saturated rings. The van der Waals surface area contributed by atoms with Crippen molar-refractivity contribution in [2.45, 2.75) is 6.92 Å². The van der Waals surface area contributed by atoms with Gasteiger partial charge in [-0.1, -0.05) is 11.6 Å². The lowest BCUT2D eigenvalue weighted by atomic mass is 9.96. The number of rotatable bonds is 8. The molecule has 0 heterocycles. The van der Waals surface area contributed by atoms with Crippen molar-refractivity contribution >= 4 is 35.5 Å². The third-order valence-corrected chi connectivity index (χ3v) is 3.31. The van der Waals surface area contributed by atoms with Gasteiger partial charge in [0.05, 0.1) is 13.7 Å². The molecule has 1 aromatic carbocycles. The van der Waals surface area contributed by atoms with E-state index in [2.05, 4.69) is 0 Å². The maximum atomic E-state index is 11.8. The SMILES string of the molecule is COC(=CN(C)CC=O)/C(=C\C=O)c1cc(Cl)ccc1C(C)=O. The average molecular weight is 336 g/mol. The number of nitrogens with zero attached hydrogens (tertiary/aromatic N) is 1. The van der Waals surface area contributed by atoms with Crippen LogP contribution in [0.25, 0.3) is 5.57 Å². The van der Waals surface area contributed by atoms with E-state index in [9.17, 15) is 14.4 Å². The van der Waals surface area contributed by atoms with Gasteiger partial charge in [-0.15, -0.1) is 0 Å². The summed E-state index contributed by atoms with van der Waals surface area (Å²) < 4.78 is 5.33. The van der Waals surface area contributed by atoms with E-state index in [-0.39, 0.29) is 12.3 Å². The summed E-state index contributed by atoms with van der Waals surface area (Å²) in [6.45, 7) is 1.59. The molecule has 0 bridgehead atoms. The van der Waals surface area contributed by atoms with Crippen LogP contribution in [0, 0.1) is 0 Å². The number of Topliss-reactive ketones (excluding diaryl/α,β-unsaturated/α-hetero) is 1. The normalized spacial score (nSPS) is 11.8. The maximum absolute atomic E-state index is 11.8. The Morgan fingerprint density at radius 1 is 1.30 bits per heavy atom. The standard InChI is InChI=1S/C17H18ClNO4/c1-12(22)14-5-4-13(18)10-16(14)15(6-8-20)17(23-3)11-19(2)7-9-21/h4-6,8-11H,7H2,1-3H3/b15-6-,17-11?. The molecule has 122 valence electrons. The molecule has 1 rings (SSSR count). The molecular weight excluding hydrogens is 318 g/mol. The minimum absolute atomic E-state index is 0.162. The number of hydrogen-bond donors (Lipinski definition) is 0. The largest absolute Gasteiger partial charge is 0.495 e. The van der Waals surface area contributed by atoms with E-state index in [1.165, 1.54) is 20.1 Å². The van der Waals surface area contributed by atoms with Gasteiger partial charge in [-0.25, -0.2) is 0 Å². The summed E-state index contributed by atoms with van der Waals surface area (Å²) in [7, 11) is 3.13. The number of hydrogen-bond acceptors (Lipinski definition) is 5. The predicted molar refractivity (Wildman–Crippen MR) is 89.3 cm³/mol. The molecule has 0 saturated carbocycles. The molecule has 0 atom stereocenters. The van der Waals surface area contributed by atoms with Crippen LogP contribution in [0.5, 0.6) is 0 Å². The van der Waals surface area contributed by atoms with Crippen LogP contribution in [0.4, 0.5) is 0 Å². The molecular formula is C17H18ClNO4. The highest BCUT2D eigenvalue weighted by Gasteiger charge is 2.16. The fourth-order valence-electron chi connectivity index (χ4n) is 2.02. The number of aldehydes is 2. The van der Waals surface area contributed by atoms with Crippen LogP contribution in [-0.2, 0) is 14.3 Å². The second-order valence-electron chi connectivity index (χ2n) is 4.77. The fraction of sp³-hybridized carbons (Fsp3) is 0.235. The van der Waals surface area contributed by atoms with E-state index in [4.69, 9.17) is 16.3 Å². The first kappa shape index (κ1) is 18.6. The van der Waals surface area contributed by atoms with Crippen LogP contribution >= 0.6 is 11.6 Å². The molecule has 23 heavy (non-hydrogen) atoms. The molecule has 0 saturated heterocycles. The summed E-state index contributed by atoms with van der Waals surface area (Å²) in [5.74, 6) is 0.177. The quantitative estimate of drug-likeness (QED) is 0.240. The van der Waals surface area contributed by atoms with E-state index in [0.29, 0.717) is 33.8 Å². The number of halogens is 1. The van der Waals surface area contributed by atoms with Crippen LogP contribution in [0.15, 0.2) is 36.2 Å². The van der Waals surface area contributed by atoms with Crippen LogP contribution < -0.4 is 0 Å². The van der Waals surface area contributed by atoms with Gasteiger partial charge in [0.1, 0.15) is 18.3 Å². The van der Waals surface area contributed by atoms with Crippen molar-refractivity contribution in [1.29, 1.82) is 0 Å². The Balaban J connectivity index is 3.50. The number of allylic oxidation sites excluding steroid dienone is 2. The van der Waals surface area contributed by atoms with Crippen molar-refractivity contribution in [3.05, 3.63) is 52.4 Å². The van der Waals surface area contributed by atoms with Crippen molar-refractivity contribution in [2.75, 3.05) is 20.7 Å². The molecule has 0 aliphatic rings. The number of benzene rings is 1. The first-order chi connectivity index (χ1) is 10.9. The van der Waals surface area contributed by atoms with Crippen molar-refractivity contribution in [3.63, 3.8) is 0 Å².